The smallest absolute Gasteiger partial charge is 0.367 e. The predicted molar refractivity (Wildman–Crippen MR) is 152 cm³/mol. The van der Waals surface area contributed by atoms with Crippen LogP contribution in [0.3, 0.4) is 0 Å². The molecule has 224 valence electrons. The number of rotatable bonds is 5. The van der Waals surface area contributed by atoms with Crippen molar-refractivity contribution >= 4 is 28.8 Å². The largest absolute Gasteiger partial charge is 0.417 e. The van der Waals surface area contributed by atoms with Crippen molar-refractivity contribution in [1.82, 2.24) is 19.9 Å². The Balaban J connectivity index is 1.52. The van der Waals surface area contributed by atoms with Crippen molar-refractivity contribution in [3.8, 4) is 6.07 Å². The summed E-state index contributed by atoms with van der Waals surface area (Å²) in [5, 5.41) is 11.6. The van der Waals surface area contributed by atoms with Crippen molar-refractivity contribution < 1.29 is 22.4 Å². The molecular weight excluding hydrogens is 568 g/mol. The number of aromatic amines is 1. The molecule has 10 nitrogen and oxygen atoms in total. The van der Waals surface area contributed by atoms with Crippen LogP contribution in [0.5, 0.6) is 0 Å². The monoisotopic (exact) mass is 596 g/mol. The number of nitriles is 1. The van der Waals surface area contributed by atoms with Gasteiger partial charge in [-0.1, -0.05) is 6.08 Å². The average molecular weight is 597 g/mol. The minimum absolute atomic E-state index is 0.0737. The summed E-state index contributed by atoms with van der Waals surface area (Å²) in [6, 6.07) is 5.13. The Bertz CT molecular complexity index is 1670. The first-order valence-corrected chi connectivity index (χ1v) is 13.4. The maximum Gasteiger partial charge on any atom is 0.417 e. The molecule has 0 aliphatic carbocycles. The number of carbonyl (C=O) groups is 1. The van der Waals surface area contributed by atoms with E-state index in [-0.39, 0.29) is 29.9 Å². The lowest BCUT2D eigenvalue weighted by molar-refractivity contribution is -0.138. The Morgan fingerprint density at radius 1 is 1.12 bits per heavy atom. The number of nitrogens with one attached hydrogen (secondary N) is 2. The molecule has 4 heterocycles. The fraction of sp³-hybridized carbons (Fsp3) is 0.345. The summed E-state index contributed by atoms with van der Waals surface area (Å²) in [5.74, 6) is -1.33. The molecule has 2 aliphatic heterocycles. The number of anilines is 3. The van der Waals surface area contributed by atoms with Crippen LogP contribution in [0.4, 0.5) is 34.9 Å². The van der Waals surface area contributed by atoms with Crippen molar-refractivity contribution in [1.29, 1.82) is 5.26 Å². The third-order valence-electron chi connectivity index (χ3n) is 7.82. The van der Waals surface area contributed by atoms with Gasteiger partial charge in [-0.15, -0.1) is 0 Å². The first kappa shape index (κ1) is 29.7. The van der Waals surface area contributed by atoms with Gasteiger partial charge in [0.1, 0.15) is 11.9 Å². The Morgan fingerprint density at radius 2 is 1.79 bits per heavy atom. The Hall–Kier alpha value is -4.77. The van der Waals surface area contributed by atoms with E-state index in [2.05, 4.69) is 25.2 Å². The highest BCUT2D eigenvalue weighted by atomic mass is 19.4. The van der Waals surface area contributed by atoms with Gasteiger partial charge in [0.05, 0.1) is 40.5 Å². The minimum atomic E-state index is -4.95. The number of piperazine rings is 1. The summed E-state index contributed by atoms with van der Waals surface area (Å²) < 4.78 is 57.0. The van der Waals surface area contributed by atoms with Gasteiger partial charge in [-0.2, -0.15) is 18.4 Å². The van der Waals surface area contributed by atoms with Crippen LogP contribution in [-0.2, 0) is 6.18 Å². The zero-order chi connectivity index (χ0) is 31.1. The third-order valence-corrected chi connectivity index (χ3v) is 7.82. The second-order valence-corrected chi connectivity index (χ2v) is 10.7. The van der Waals surface area contributed by atoms with E-state index in [1.54, 1.807) is 11.0 Å². The first-order valence-electron chi connectivity index (χ1n) is 13.4. The normalized spacial score (nSPS) is 19.3. The van der Waals surface area contributed by atoms with Gasteiger partial charge in [-0.05, 0) is 38.6 Å². The lowest BCUT2D eigenvalue weighted by Gasteiger charge is -2.44. The van der Waals surface area contributed by atoms with Gasteiger partial charge < -0.3 is 20.1 Å². The summed E-state index contributed by atoms with van der Waals surface area (Å²) >= 11 is 0. The molecular formula is C29H28F4N8O2. The second-order valence-electron chi connectivity index (χ2n) is 10.7. The number of alkyl halides is 3. The number of carbonyl (C=O) groups excluding carboxylic acids is 1. The number of hydrogen-bond donors (Lipinski definition) is 2. The van der Waals surface area contributed by atoms with Crippen LogP contribution in [0.25, 0.3) is 5.57 Å². The Labute approximate surface area is 244 Å². The van der Waals surface area contributed by atoms with Crippen molar-refractivity contribution in [3.63, 3.8) is 0 Å². The van der Waals surface area contributed by atoms with Gasteiger partial charge in [-0.25, -0.2) is 14.4 Å². The third kappa shape index (κ3) is 6.07. The Kier molecular flexibility index (Phi) is 7.94. The SMILES string of the molecule is CC1CN(c2cc(F)c(C3=CCN(c4ncc(C#N)cn4)C3)cc2NC(=O)c2c[nH]c(=O)cc2C(F)(F)F)CC(C)N1C. The maximum atomic E-state index is 15.8. The minimum Gasteiger partial charge on any atom is -0.367 e. The number of pyridine rings is 1. The molecule has 1 fully saturated rings. The molecule has 43 heavy (non-hydrogen) atoms. The molecule has 1 saturated heterocycles. The topological polar surface area (TPSA) is 121 Å². The molecule has 2 aliphatic rings. The van der Waals surface area contributed by atoms with Crippen molar-refractivity contribution in [2.75, 3.05) is 48.3 Å². The standard InChI is InChI=1S/C29H28F4N8O2/c1-16-13-41(14-17(2)39(16)3)25-8-23(30)20(19-4-5-40(15-19)28-36-10-18(9-34)11-37-28)6-24(25)38-27(43)21-12-35-26(42)7-22(21)29(31,32)33/h4,6-8,10-12,16-17H,5,13-15H2,1-3H3,(H,35,42)(H,38,43). The van der Waals surface area contributed by atoms with Crippen molar-refractivity contribution in [2.24, 2.45) is 0 Å². The number of halogens is 4. The lowest BCUT2D eigenvalue weighted by atomic mass is 10.0. The summed E-state index contributed by atoms with van der Waals surface area (Å²) in [6.45, 7) is 5.55. The zero-order valence-corrected chi connectivity index (χ0v) is 23.5. The number of likely N-dealkylation sites (N-methyl/N-ethyl adjacent to an activating group) is 1. The zero-order valence-electron chi connectivity index (χ0n) is 23.5. The fourth-order valence-electron chi connectivity index (χ4n) is 5.30. The van der Waals surface area contributed by atoms with E-state index in [0.29, 0.717) is 48.5 Å². The quantitative estimate of drug-likeness (QED) is 0.426. The Morgan fingerprint density at radius 3 is 2.42 bits per heavy atom. The van der Waals surface area contributed by atoms with Crippen LogP contribution < -0.4 is 20.7 Å². The van der Waals surface area contributed by atoms with Gasteiger partial charge in [-0.3, -0.25) is 14.5 Å². The van der Waals surface area contributed by atoms with Crippen molar-refractivity contribution in [3.05, 3.63) is 81.3 Å². The van der Waals surface area contributed by atoms with Crippen LogP contribution in [-0.4, -0.2) is 71.1 Å². The lowest BCUT2D eigenvalue weighted by Crippen LogP contribution is -2.55. The highest BCUT2D eigenvalue weighted by Gasteiger charge is 2.36. The van der Waals surface area contributed by atoms with Gasteiger partial charge in [0.2, 0.25) is 11.5 Å². The number of nitrogens with zero attached hydrogens (tertiary/aromatic N) is 6. The molecule has 14 heteroatoms. The van der Waals surface area contributed by atoms with E-state index in [9.17, 15) is 22.8 Å². The molecule has 0 radical (unpaired) electrons. The first-order chi connectivity index (χ1) is 20.3. The maximum absolute atomic E-state index is 15.8. The molecule has 1 aromatic carbocycles. The van der Waals surface area contributed by atoms with Gasteiger partial charge in [0, 0.05) is 56.1 Å². The van der Waals surface area contributed by atoms with E-state index >= 15 is 4.39 Å². The average Bonchev–Trinajstić information content (AvgIpc) is 3.46. The van der Waals surface area contributed by atoms with Crippen LogP contribution in [0.2, 0.25) is 0 Å². The van der Waals surface area contributed by atoms with E-state index in [1.807, 2.05) is 31.9 Å². The van der Waals surface area contributed by atoms with Gasteiger partial charge >= 0.3 is 6.18 Å². The van der Waals surface area contributed by atoms with Crippen LogP contribution in [0.15, 0.2) is 47.7 Å². The van der Waals surface area contributed by atoms with Crippen molar-refractivity contribution in [2.45, 2.75) is 32.1 Å². The second kappa shape index (κ2) is 11.5. The predicted octanol–water partition coefficient (Wildman–Crippen LogP) is 3.88. The van der Waals surface area contributed by atoms with Crippen LogP contribution >= 0.6 is 0 Å². The van der Waals surface area contributed by atoms with E-state index in [4.69, 9.17) is 5.26 Å². The number of hydrogen-bond acceptors (Lipinski definition) is 8. The molecule has 3 aromatic rings. The molecule has 1 amide bonds. The molecule has 2 atom stereocenters. The molecule has 0 saturated carbocycles. The summed E-state index contributed by atoms with van der Waals surface area (Å²) in [4.78, 5) is 41.3. The number of amides is 1. The van der Waals surface area contributed by atoms with Gasteiger partial charge in [0.25, 0.3) is 5.91 Å². The molecule has 0 bridgehead atoms. The summed E-state index contributed by atoms with van der Waals surface area (Å²) in [7, 11) is 1.98. The molecule has 2 unspecified atom stereocenters. The summed E-state index contributed by atoms with van der Waals surface area (Å²) in [6.07, 6.45) is 0.307. The summed E-state index contributed by atoms with van der Waals surface area (Å²) in [5.41, 5.74) is -1.69. The van der Waals surface area contributed by atoms with Crippen LogP contribution in [0.1, 0.15) is 40.9 Å². The number of H-pyrrole nitrogens is 1. The van der Waals surface area contributed by atoms with Crippen LogP contribution in [0, 0.1) is 17.1 Å². The molecule has 2 N–H and O–H groups in total. The van der Waals surface area contributed by atoms with E-state index < -0.39 is 34.6 Å². The molecule has 5 rings (SSSR count). The number of aromatic nitrogens is 3. The fourth-order valence-corrected chi connectivity index (χ4v) is 5.30. The highest BCUT2D eigenvalue weighted by Crippen LogP contribution is 2.37. The number of benzene rings is 1. The van der Waals surface area contributed by atoms with E-state index in [1.165, 1.54) is 24.5 Å². The van der Waals surface area contributed by atoms with E-state index in [0.717, 1.165) is 6.20 Å². The molecule has 2 aromatic heterocycles. The van der Waals surface area contributed by atoms with Gasteiger partial charge in [0.15, 0.2) is 0 Å². The highest BCUT2D eigenvalue weighted by molar-refractivity contribution is 6.07. The molecule has 0 spiro atoms.